The highest BCUT2D eigenvalue weighted by Crippen LogP contribution is 2.19. The number of carboxylic acids is 1. The van der Waals surface area contributed by atoms with E-state index in [1.54, 1.807) is 6.20 Å². The number of primary amides is 1. The third-order valence-electron chi connectivity index (χ3n) is 7.18. The van der Waals surface area contributed by atoms with Crippen molar-refractivity contribution in [2.75, 3.05) is 0 Å². The zero-order valence-electron chi connectivity index (χ0n) is 25.8. The fourth-order valence-electron chi connectivity index (χ4n) is 4.79. The summed E-state index contributed by atoms with van der Waals surface area (Å²) in [5.74, 6) is -5.28. The van der Waals surface area contributed by atoms with Gasteiger partial charge in [-0.05, 0) is 37.3 Å². The molecule has 0 saturated carbocycles. The van der Waals surface area contributed by atoms with Gasteiger partial charge in [-0.15, -0.1) is 0 Å². The van der Waals surface area contributed by atoms with E-state index in [9.17, 15) is 33.9 Å². The van der Waals surface area contributed by atoms with Crippen molar-refractivity contribution >= 4 is 46.4 Å². The van der Waals surface area contributed by atoms with Gasteiger partial charge in [-0.25, -0.2) is 9.78 Å². The molecule has 0 aliphatic rings. The van der Waals surface area contributed by atoms with Gasteiger partial charge < -0.3 is 47.8 Å². The van der Waals surface area contributed by atoms with Gasteiger partial charge in [0, 0.05) is 35.4 Å². The number of carbonyl (C=O) groups excluding carboxylic acids is 5. The van der Waals surface area contributed by atoms with E-state index in [0.29, 0.717) is 5.69 Å². The number of nitrogens with two attached hydrogens (primary N) is 2. The maximum absolute atomic E-state index is 13.5. The molecule has 1 aromatic carbocycles. The number of aromatic nitrogens is 3. The molecule has 0 aliphatic carbocycles. The lowest BCUT2D eigenvalue weighted by Crippen LogP contribution is -2.58. The minimum absolute atomic E-state index is 0.0212. The fraction of sp³-hybridized carbons (Fsp3) is 0.433. The van der Waals surface area contributed by atoms with Crippen molar-refractivity contribution in [3.05, 3.63) is 54.2 Å². The van der Waals surface area contributed by atoms with Crippen LogP contribution in [0.1, 0.15) is 44.9 Å². The van der Waals surface area contributed by atoms with Crippen molar-refractivity contribution in [2.24, 2.45) is 17.4 Å². The summed E-state index contributed by atoms with van der Waals surface area (Å²) < 4.78 is 0. The number of rotatable bonds is 17. The Balaban J connectivity index is 1.71. The Morgan fingerprint density at radius 3 is 2.13 bits per heavy atom. The van der Waals surface area contributed by atoms with Crippen molar-refractivity contribution in [1.82, 2.24) is 36.2 Å². The van der Waals surface area contributed by atoms with Gasteiger partial charge >= 0.3 is 5.97 Å². The Labute approximate surface area is 264 Å². The molecule has 5 atom stereocenters. The molecule has 0 saturated heterocycles. The van der Waals surface area contributed by atoms with Crippen LogP contribution in [0.3, 0.4) is 0 Å². The lowest BCUT2D eigenvalue weighted by atomic mass is 10.0. The maximum Gasteiger partial charge on any atom is 0.326 e. The molecule has 0 bridgehead atoms. The summed E-state index contributed by atoms with van der Waals surface area (Å²) >= 11 is 0. The molecular formula is C30H41N9O7. The summed E-state index contributed by atoms with van der Waals surface area (Å²) in [4.78, 5) is 85.2. The number of benzene rings is 1. The summed E-state index contributed by atoms with van der Waals surface area (Å²) in [5.41, 5.74) is 13.6. The van der Waals surface area contributed by atoms with Crippen LogP contribution in [0.2, 0.25) is 0 Å². The van der Waals surface area contributed by atoms with Crippen LogP contribution in [0.5, 0.6) is 0 Å². The van der Waals surface area contributed by atoms with Gasteiger partial charge in [0.1, 0.15) is 24.2 Å². The van der Waals surface area contributed by atoms with Crippen LogP contribution < -0.4 is 32.7 Å². The summed E-state index contributed by atoms with van der Waals surface area (Å²) in [5, 5.41) is 20.2. The minimum Gasteiger partial charge on any atom is -0.480 e. The molecule has 0 aliphatic heterocycles. The van der Waals surface area contributed by atoms with E-state index in [0.717, 1.165) is 16.5 Å². The third-order valence-corrected chi connectivity index (χ3v) is 7.18. The Hall–Kier alpha value is -5.25. The number of amides is 5. The number of hydrogen-bond donors (Lipinski definition) is 9. The number of carboxylic acid groups (broad SMARTS) is 1. The van der Waals surface area contributed by atoms with Crippen LogP contribution in [0.15, 0.2) is 43.0 Å². The number of hydrogen-bond acceptors (Lipinski definition) is 8. The molecule has 5 amide bonds. The molecule has 248 valence electrons. The normalized spacial score (nSPS) is 14.5. The molecule has 2 heterocycles. The van der Waals surface area contributed by atoms with Crippen molar-refractivity contribution in [3.63, 3.8) is 0 Å². The number of imidazole rings is 1. The minimum atomic E-state index is -1.59. The van der Waals surface area contributed by atoms with Gasteiger partial charge in [0.25, 0.3) is 0 Å². The van der Waals surface area contributed by atoms with Crippen LogP contribution in [0, 0.1) is 5.92 Å². The molecule has 16 heteroatoms. The lowest BCUT2D eigenvalue weighted by molar-refractivity contribution is -0.143. The average Bonchev–Trinajstić information content (AvgIpc) is 3.65. The van der Waals surface area contributed by atoms with Gasteiger partial charge in [-0.1, -0.05) is 32.0 Å². The Morgan fingerprint density at radius 2 is 1.50 bits per heavy atom. The maximum atomic E-state index is 13.5. The molecule has 0 spiro atoms. The van der Waals surface area contributed by atoms with E-state index in [-0.39, 0.29) is 25.2 Å². The summed E-state index contributed by atoms with van der Waals surface area (Å²) in [6, 6.07) is 1.53. The second-order valence-corrected chi connectivity index (χ2v) is 11.5. The molecule has 11 N–H and O–H groups in total. The first kappa shape index (κ1) is 35.2. The predicted octanol–water partition coefficient (Wildman–Crippen LogP) is -1.03. The van der Waals surface area contributed by atoms with Crippen molar-refractivity contribution in [1.29, 1.82) is 0 Å². The number of nitrogens with zero attached hydrogens (tertiary/aromatic N) is 1. The van der Waals surface area contributed by atoms with Crippen molar-refractivity contribution in [3.8, 4) is 0 Å². The number of aromatic amines is 2. The average molecular weight is 640 g/mol. The molecular weight excluding hydrogens is 598 g/mol. The summed E-state index contributed by atoms with van der Waals surface area (Å²) in [6.07, 6.45) is 4.41. The predicted molar refractivity (Wildman–Crippen MR) is 167 cm³/mol. The number of para-hydroxylation sites is 1. The molecule has 3 rings (SSSR count). The van der Waals surface area contributed by atoms with Gasteiger partial charge in [0.2, 0.25) is 29.5 Å². The molecule has 46 heavy (non-hydrogen) atoms. The quantitative estimate of drug-likeness (QED) is 0.0872. The second-order valence-electron chi connectivity index (χ2n) is 11.5. The largest absolute Gasteiger partial charge is 0.480 e. The molecule has 0 radical (unpaired) electrons. The van der Waals surface area contributed by atoms with E-state index >= 15 is 0 Å². The van der Waals surface area contributed by atoms with Gasteiger partial charge in [-0.3, -0.25) is 24.0 Å². The van der Waals surface area contributed by atoms with Crippen LogP contribution in [-0.2, 0) is 41.6 Å². The van der Waals surface area contributed by atoms with Crippen LogP contribution >= 0.6 is 0 Å². The number of aliphatic carboxylic acids is 1. The Bertz CT molecular complexity index is 1540. The zero-order chi connectivity index (χ0) is 34.0. The summed E-state index contributed by atoms with van der Waals surface area (Å²) in [7, 11) is 0. The highest BCUT2D eigenvalue weighted by atomic mass is 16.4. The number of carbonyl (C=O) groups is 6. The Morgan fingerprint density at radius 1 is 0.848 bits per heavy atom. The van der Waals surface area contributed by atoms with Crippen molar-refractivity contribution in [2.45, 2.75) is 76.7 Å². The number of nitrogens with one attached hydrogen (secondary N) is 6. The first-order chi connectivity index (χ1) is 21.7. The summed E-state index contributed by atoms with van der Waals surface area (Å²) in [6.45, 7) is 5.05. The molecule has 0 unspecified atom stereocenters. The lowest BCUT2D eigenvalue weighted by Gasteiger charge is -2.26. The zero-order valence-corrected chi connectivity index (χ0v) is 25.8. The Kier molecular flexibility index (Phi) is 12.4. The topological polar surface area (TPSA) is 267 Å². The number of fused-ring (bicyclic) bond motifs is 1. The highest BCUT2D eigenvalue weighted by molar-refractivity contribution is 5.96. The van der Waals surface area contributed by atoms with E-state index in [2.05, 4.69) is 36.2 Å². The first-order valence-electron chi connectivity index (χ1n) is 14.8. The molecule has 3 aromatic rings. The van der Waals surface area contributed by atoms with E-state index in [1.165, 1.54) is 19.4 Å². The number of H-pyrrole nitrogens is 2. The van der Waals surface area contributed by atoms with Crippen molar-refractivity contribution < 1.29 is 33.9 Å². The smallest absolute Gasteiger partial charge is 0.326 e. The van der Waals surface area contributed by atoms with Gasteiger partial charge in [-0.2, -0.15) is 0 Å². The van der Waals surface area contributed by atoms with E-state index in [1.807, 2.05) is 38.1 Å². The standard InChI is InChI=1S/C30H41N9O7/c1-15(2)8-22(37-27(42)20(31)9-17-12-34-21-7-5-4-6-19(17)21)29(44)38-23(10-18-13-33-14-35-18)28(43)36-16(3)26(41)39-24(30(45)46)11-25(32)40/h4-7,12-16,20,22-24,34H,8-11,31H2,1-3H3,(H2,32,40)(H,33,35)(H,36,43)(H,37,42)(H,38,44)(H,39,41)(H,45,46)/t16-,20-,22-,23-,24-/m0/s1. The molecule has 2 aromatic heterocycles. The monoisotopic (exact) mass is 639 g/mol. The van der Waals surface area contributed by atoms with Gasteiger partial charge in [0.15, 0.2) is 0 Å². The third kappa shape index (κ3) is 10.2. The van der Waals surface area contributed by atoms with E-state index in [4.69, 9.17) is 11.5 Å². The molecule has 16 nitrogen and oxygen atoms in total. The second kappa shape index (κ2) is 16.2. The van der Waals surface area contributed by atoms with E-state index < -0.39 is 72.1 Å². The van der Waals surface area contributed by atoms with Crippen LogP contribution in [0.4, 0.5) is 0 Å². The first-order valence-corrected chi connectivity index (χ1v) is 14.8. The van der Waals surface area contributed by atoms with Gasteiger partial charge in [0.05, 0.1) is 18.8 Å². The van der Waals surface area contributed by atoms with Crippen LogP contribution in [0.25, 0.3) is 10.9 Å². The highest BCUT2D eigenvalue weighted by Gasteiger charge is 2.31. The van der Waals surface area contributed by atoms with Crippen LogP contribution in [-0.4, -0.2) is 85.8 Å². The molecule has 0 fully saturated rings. The SMILES string of the molecule is CC(C)C[C@H](NC(=O)[C@@H](N)Cc1c[nH]c2ccccc12)C(=O)N[C@@H](Cc1cnc[nH]1)C(=O)N[C@@H](C)C(=O)N[C@@H](CC(N)=O)C(=O)O. The fourth-order valence-corrected chi connectivity index (χ4v) is 4.79.